The Morgan fingerprint density at radius 3 is 2.82 bits per heavy atom. The van der Waals surface area contributed by atoms with Gasteiger partial charge < -0.3 is 4.74 Å². The average Bonchev–Trinajstić information content (AvgIpc) is 2.37. The number of hydrogen-bond donors (Lipinski definition) is 0. The van der Waals surface area contributed by atoms with E-state index in [1.54, 1.807) is 13.3 Å². The van der Waals surface area contributed by atoms with Gasteiger partial charge in [0.1, 0.15) is 0 Å². The molecule has 1 rings (SSSR count). The van der Waals surface area contributed by atoms with E-state index in [4.69, 9.17) is 4.74 Å². The van der Waals surface area contributed by atoms with Gasteiger partial charge in [-0.15, -0.1) is 0 Å². The summed E-state index contributed by atoms with van der Waals surface area (Å²) in [5, 5.41) is 4.09. The molecule has 0 N–H and O–H groups in total. The molecule has 0 spiro atoms. The zero-order valence-corrected chi connectivity index (χ0v) is 7.16. The Balaban J connectivity index is 2.73. The van der Waals surface area contributed by atoms with E-state index in [2.05, 4.69) is 25.0 Å². The summed E-state index contributed by atoms with van der Waals surface area (Å²) in [6.45, 7) is 4.79. The Morgan fingerprint density at radius 2 is 2.36 bits per heavy atom. The van der Waals surface area contributed by atoms with Crippen molar-refractivity contribution in [2.75, 3.05) is 13.7 Å². The summed E-state index contributed by atoms with van der Waals surface area (Å²) in [7, 11) is 1.69. The van der Waals surface area contributed by atoms with Gasteiger partial charge in [-0.25, -0.2) is 0 Å². The van der Waals surface area contributed by atoms with E-state index in [0.29, 0.717) is 6.61 Å². The van der Waals surface area contributed by atoms with Crippen LogP contribution in [0.4, 0.5) is 0 Å². The molecule has 0 saturated carbocycles. The van der Waals surface area contributed by atoms with Crippen LogP contribution in [0, 0.1) is 6.07 Å². The predicted molar refractivity (Wildman–Crippen MR) is 42.3 cm³/mol. The summed E-state index contributed by atoms with van der Waals surface area (Å²) in [5.41, 5.74) is -0.0747. The lowest BCUT2D eigenvalue weighted by Gasteiger charge is -2.23. The number of nitrogens with zero attached hydrogens (tertiary/aromatic N) is 2. The topological polar surface area (TPSA) is 27.1 Å². The molecule has 0 bridgehead atoms. The lowest BCUT2D eigenvalue weighted by molar-refractivity contribution is 0.101. The van der Waals surface area contributed by atoms with Gasteiger partial charge in [0.05, 0.1) is 18.3 Å². The van der Waals surface area contributed by atoms with Gasteiger partial charge in [-0.05, 0) is 13.8 Å². The second kappa shape index (κ2) is 3.05. The summed E-state index contributed by atoms with van der Waals surface area (Å²) in [6, 6.07) is 2.89. The van der Waals surface area contributed by atoms with E-state index in [0.717, 1.165) is 0 Å². The molecule has 0 fully saturated rings. The molecule has 0 aliphatic heterocycles. The fourth-order valence-corrected chi connectivity index (χ4v) is 0.983. The molecular weight excluding hydrogens is 140 g/mol. The van der Waals surface area contributed by atoms with Gasteiger partial charge in [-0.3, -0.25) is 4.68 Å². The van der Waals surface area contributed by atoms with Gasteiger partial charge in [0, 0.05) is 19.4 Å². The van der Waals surface area contributed by atoms with Crippen LogP contribution >= 0.6 is 0 Å². The Hall–Kier alpha value is -0.830. The quantitative estimate of drug-likeness (QED) is 0.649. The van der Waals surface area contributed by atoms with Gasteiger partial charge in [-0.1, -0.05) is 0 Å². The van der Waals surface area contributed by atoms with Crippen LogP contribution in [0.1, 0.15) is 13.8 Å². The number of ether oxygens (including phenoxy) is 1. The number of methoxy groups -OCH3 is 1. The van der Waals surface area contributed by atoms with Crippen molar-refractivity contribution in [2.24, 2.45) is 0 Å². The summed E-state index contributed by atoms with van der Waals surface area (Å²) < 4.78 is 6.90. The molecule has 61 valence electrons. The van der Waals surface area contributed by atoms with Crippen LogP contribution in [0.25, 0.3) is 0 Å². The van der Waals surface area contributed by atoms with Gasteiger partial charge >= 0.3 is 0 Å². The minimum Gasteiger partial charge on any atom is -0.382 e. The van der Waals surface area contributed by atoms with Gasteiger partial charge in [0.2, 0.25) is 0 Å². The molecule has 1 aromatic rings. The molecule has 0 atom stereocenters. The van der Waals surface area contributed by atoms with E-state index in [1.807, 2.05) is 10.9 Å². The highest BCUT2D eigenvalue weighted by Crippen LogP contribution is 2.12. The summed E-state index contributed by atoms with van der Waals surface area (Å²) in [6.07, 6.45) is 3.47. The van der Waals surface area contributed by atoms with Gasteiger partial charge in [0.25, 0.3) is 0 Å². The third-order valence-electron chi connectivity index (χ3n) is 1.57. The Bertz CT molecular complexity index is 204. The minimum absolute atomic E-state index is 0.0747. The fourth-order valence-electron chi connectivity index (χ4n) is 0.983. The van der Waals surface area contributed by atoms with Crippen molar-refractivity contribution in [1.82, 2.24) is 9.78 Å². The van der Waals surface area contributed by atoms with Crippen LogP contribution in [0.5, 0.6) is 0 Å². The monoisotopic (exact) mass is 153 g/mol. The predicted octanol–water partition coefficient (Wildman–Crippen LogP) is 1.06. The van der Waals surface area contributed by atoms with Crippen LogP contribution in [0.3, 0.4) is 0 Å². The first-order valence-electron chi connectivity index (χ1n) is 3.57. The van der Waals surface area contributed by atoms with Crippen molar-refractivity contribution in [3.05, 3.63) is 18.5 Å². The van der Waals surface area contributed by atoms with E-state index in [9.17, 15) is 0 Å². The standard InChI is InChI=1S/C8H13N2O/c1-8(2,7-11-3)10-6-4-5-9-10/h5-6H,7H2,1-3H3. The maximum Gasteiger partial charge on any atom is 0.0804 e. The number of aromatic nitrogens is 2. The minimum atomic E-state index is -0.0747. The molecule has 1 aromatic heterocycles. The number of hydrogen-bond acceptors (Lipinski definition) is 2. The molecule has 0 aliphatic rings. The summed E-state index contributed by atoms with van der Waals surface area (Å²) in [5.74, 6) is 0. The third kappa shape index (κ3) is 1.80. The molecule has 3 heteroatoms. The molecule has 11 heavy (non-hydrogen) atoms. The molecule has 0 aromatic carbocycles. The first kappa shape index (κ1) is 8.27. The highest BCUT2D eigenvalue weighted by molar-refractivity contribution is 4.83. The maximum absolute atomic E-state index is 5.06. The lowest BCUT2D eigenvalue weighted by atomic mass is 10.1. The Labute approximate surface area is 67.0 Å². The SMILES string of the molecule is COCC(C)(C)n1c[c]cn1. The van der Waals surface area contributed by atoms with E-state index >= 15 is 0 Å². The van der Waals surface area contributed by atoms with Crippen molar-refractivity contribution in [2.45, 2.75) is 19.4 Å². The van der Waals surface area contributed by atoms with E-state index in [1.165, 1.54) is 0 Å². The summed E-state index contributed by atoms with van der Waals surface area (Å²) >= 11 is 0. The normalized spacial score (nSPS) is 11.9. The molecule has 0 aliphatic carbocycles. The smallest absolute Gasteiger partial charge is 0.0804 e. The fraction of sp³-hybridized carbons (Fsp3) is 0.625. The van der Waals surface area contributed by atoms with Crippen molar-refractivity contribution in [3.8, 4) is 0 Å². The maximum atomic E-state index is 5.06. The molecule has 1 heterocycles. The van der Waals surface area contributed by atoms with E-state index in [-0.39, 0.29) is 5.54 Å². The van der Waals surface area contributed by atoms with Crippen molar-refractivity contribution < 1.29 is 4.74 Å². The molecule has 0 amide bonds. The Kier molecular flexibility index (Phi) is 2.29. The van der Waals surface area contributed by atoms with Crippen LogP contribution in [0.2, 0.25) is 0 Å². The summed E-state index contributed by atoms with van der Waals surface area (Å²) in [4.78, 5) is 0. The first-order chi connectivity index (χ1) is 5.17. The number of rotatable bonds is 3. The zero-order valence-electron chi connectivity index (χ0n) is 7.16. The Morgan fingerprint density at radius 1 is 1.64 bits per heavy atom. The molecular formula is C8H13N2O. The zero-order chi connectivity index (χ0) is 8.32. The van der Waals surface area contributed by atoms with Crippen molar-refractivity contribution >= 4 is 0 Å². The van der Waals surface area contributed by atoms with Crippen LogP contribution in [-0.2, 0) is 10.3 Å². The molecule has 3 nitrogen and oxygen atoms in total. The highest BCUT2D eigenvalue weighted by Gasteiger charge is 2.19. The van der Waals surface area contributed by atoms with Gasteiger partial charge in [-0.2, -0.15) is 5.10 Å². The van der Waals surface area contributed by atoms with Crippen molar-refractivity contribution in [1.29, 1.82) is 0 Å². The molecule has 0 unspecified atom stereocenters. The largest absolute Gasteiger partial charge is 0.382 e. The second-order valence-electron chi connectivity index (χ2n) is 3.13. The van der Waals surface area contributed by atoms with Crippen LogP contribution in [-0.4, -0.2) is 23.5 Å². The highest BCUT2D eigenvalue weighted by atomic mass is 16.5. The van der Waals surface area contributed by atoms with E-state index < -0.39 is 0 Å². The average molecular weight is 153 g/mol. The lowest BCUT2D eigenvalue weighted by Crippen LogP contribution is -2.31. The second-order valence-corrected chi connectivity index (χ2v) is 3.13. The van der Waals surface area contributed by atoms with Gasteiger partial charge in [0.15, 0.2) is 0 Å². The molecule has 0 saturated heterocycles. The van der Waals surface area contributed by atoms with Crippen LogP contribution in [0.15, 0.2) is 12.4 Å². The first-order valence-corrected chi connectivity index (χ1v) is 3.57. The van der Waals surface area contributed by atoms with Crippen molar-refractivity contribution in [3.63, 3.8) is 0 Å². The molecule has 1 radical (unpaired) electrons. The van der Waals surface area contributed by atoms with Crippen LogP contribution < -0.4 is 0 Å². The third-order valence-corrected chi connectivity index (χ3v) is 1.57.